The van der Waals surface area contributed by atoms with Gasteiger partial charge in [0.25, 0.3) is 5.91 Å². The van der Waals surface area contributed by atoms with Crippen molar-refractivity contribution < 1.29 is 14.7 Å². The number of anilines is 1. The molecule has 0 bridgehead atoms. The molecule has 0 saturated carbocycles. The van der Waals surface area contributed by atoms with E-state index in [0.717, 1.165) is 24.3 Å². The van der Waals surface area contributed by atoms with Crippen LogP contribution in [0.1, 0.15) is 28.2 Å². The second kappa shape index (κ2) is 6.80. The summed E-state index contributed by atoms with van der Waals surface area (Å²) in [4.78, 5) is 28.3. The molecular formula is C18H21N5O3. The van der Waals surface area contributed by atoms with Gasteiger partial charge < -0.3 is 15.3 Å². The predicted molar refractivity (Wildman–Crippen MR) is 94.7 cm³/mol. The van der Waals surface area contributed by atoms with E-state index in [1.165, 1.54) is 0 Å². The third-order valence-electron chi connectivity index (χ3n) is 4.78. The molecule has 0 spiro atoms. The number of aryl methyl sites for hydroxylation is 1. The minimum Gasteiger partial charge on any atom is -0.390 e. The summed E-state index contributed by atoms with van der Waals surface area (Å²) in [6.45, 7) is 2.94. The van der Waals surface area contributed by atoms with Crippen molar-refractivity contribution in [2.75, 3.05) is 24.5 Å². The van der Waals surface area contributed by atoms with Crippen LogP contribution in [0.5, 0.6) is 0 Å². The third kappa shape index (κ3) is 3.03. The number of aliphatic hydroxyl groups is 1. The lowest BCUT2D eigenvalue weighted by Crippen LogP contribution is -2.31. The van der Waals surface area contributed by atoms with Crippen molar-refractivity contribution in [3.8, 4) is 0 Å². The van der Waals surface area contributed by atoms with E-state index < -0.39 is 0 Å². The van der Waals surface area contributed by atoms with Gasteiger partial charge >= 0.3 is 6.03 Å². The molecule has 0 unspecified atom stereocenters. The Bertz CT molecular complexity index is 847. The molecule has 2 aliphatic rings. The van der Waals surface area contributed by atoms with Gasteiger partial charge in [-0.05, 0) is 30.7 Å². The maximum absolute atomic E-state index is 13.0. The SMILES string of the molecule is O=C(c1cccc(N2CCNC2=O)c1)N1CCCn2nc(CO)cc2C1. The fourth-order valence-corrected chi connectivity index (χ4v) is 3.48. The Morgan fingerprint density at radius 3 is 2.88 bits per heavy atom. The number of benzene rings is 1. The number of hydrogen-bond donors (Lipinski definition) is 2. The van der Waals surface area contributed by atoms with Crippen LogP contribution in [0.15, 0.2) is 30.3 Å². The standard InChI is InChI=1S/C18H21N5O3/c24-12-14-10-16-11-21(6-2-7-23(16)20-14)17(25)13-3-1-4-15(9-13)22-8-5-19-18(22)26/h1,3-4,9-10,24H,2,5-8,11-12H2,(H,19,26). The molecule has 2 N–H and O–H groups in total. The minimum atomic E-state index is -0.134. The van der Waals surface area contributed by atoms with Gasteiger partial charge in [0.15, 0.2) is 0 Å². The van der Waals surface area contributed by atoms with Crippen LogP contribution in [0.2, 0.25) is 0 Å². The number of aliphatic hydroxyl groups excluding tert-OH is 1. The van der Waals surface area contributed by atoms with Crippen molar-refractivity contribution in [2.45, 2.75) is 26.1 Å². The monoisotopic (exact) mass is 355 g/mol. The molecule has 1 aromatic heterocycles. The summed E-state index contributed by atoms with van der Waals surface area (Å²) in [5, 5.41) is 16.4. The Morgan fingerprint density at radius 2 is 2.12 bits per heavy atom. The summed E-state index contributed by atoms with van der Waals surface area (Å²) in [6, 6.07) is 8.91. The number of carbonyl (C=O) groups excluding carboxylic acids is 2. The van der Waals surface area contributed by atoms with Crippen molar-refractivity contribution in [3.05, 3.63) is 47.3 Å². The number of amides is 3. The van der Waals surface area contributed by atoms with E-state index >= 15 is 0 Å². The van der Waals surface area contributed by atoms with Crippen molar-refractivity contribution in [3.63, 3.8) is 0 Å². The van der Waals surface area contributed by atoms with E-state index in [2.05, 4.69) is 10.4 Å². The van der Waals surface area contributed by atoms with Gasteiger partial charge in [0.05, 0.1) is 24.5 Å². The maximum atomic E-state index is 13.0. The lowest BCUT2D eigenvalue weighted by atomic mass is 10.1. The summed E-state index contributed by atoms with van der Waals surface area (Å²) >= 11 is 0. The van der Waals surface area contributed by atoms with Gasteiger partial charge in [0.1, 0.15) is 0 Å². The number of rotatable bonds is 3. The van der Waals surface area contributed by atoms with Crippen molar-refractivity contribution in [1.82, 2.24) is 20.0 Å². The smallest absolute Gasteiger partial charge is 0.321 e. The number of hydrogen-bond acceptors (Lipinski definition) is 4. The molecule has 136 valence electrons. The zero-order valence-electron chi connectivity index (χ0n) is 14.4. The summed E-state index contributed by atoms with van der Waals surface area (Å²) in [5.74, 6) is -0.0633. The van der Waals surface area contributed by atoms with E-state index in [9.17, 15) is 14.7 Å². The molecule has 0 radical (unpaired) electrons. The summed E-state index contributed by atoms with van der Waals surface area (Å²) < 4.78 is 1.86. The molecule has 1 fully saturated rings. The highest BCUT2D eigenvalue weighted by atomic mass is 16.3. The van der Waals surface area contributed by atoms with Crippen LogP contribution in [0.25, 0.3) is 0 Å². The highest BCUT2D eigenvalue weighted by Gasteiger charge is 2.24. The molecule has 2 aliphatic heterocycles. The maximum Gasteiger partial charge on any atom is 0.321 e. The van der Waals surface area contributed by atoms with Crippen LogP contribution in [-0.4, -0.2) is 51.4 Å². The van der Waals surface area contributed by atoms with Gasteiger partial charge in [-0.3, -0.25) is 14.4 Å². The van der Waals surface area contributed by atoms with Gasteiger partial charge in [-0.15, -0.1) is 0 Å². The minimum absolute atomic E-state index is 0.0633. The normalized spacial score (nSPS) is 17.0. The van der Waals surface area contributed by atoms with Gasteiger partial charge in [-0.1, -0.05) is 6.07 Å². The van der Waals surface area contributed by atoms with Crippen LogP contribution < -0.4 is 10.2 Å². The van der Waals surface area contributed by atoms with E-state index in [1.54, 1.807) is 28.0 Å². The second-order valence-electron chi connectivity index (χ2n) is 6.52. The molecule has 0 aliphatic carbocycles. The van der Waals surface area contributed by atoms with Crippen LogP contribution in [0.4, 0.5) is 10.5 Å². The van der Waals surface area contributed by atoms with Crippen molar-refractivity contribution in [2.24, 2.45) is 0 Å². The number of carbonyl (C=O) groups is 2. The Hall–Kier alpha value is -2.87. The fourth-order valence-electron chi connectivity index (χ4n) is 3.48. The average Bonchev–Trinajstić information content (AvgIpc) is 3.21. The Morgan fingerprint density at radius 1 is 1.23 bits per heavy atom. The molecule has 8 nitrogen and oxygen atoms in total. The first kappa shape index (κ1) is 16.6. The molecule has 1 saturated heterocycles. The first-order chi connectivity index (χ1) is 12.7. The zero-order valence-corrected chi connectivity index (χ0v) is 14.4. The van der Waals surface area contributed by atoms with Gasteiger partial charge in [-0.25, -0.2) is 4.79 Å². The Labute approximate surface area is 151 Å². The number of nitrogens with one attached hydrogen (secondary N) is 1. The highest BCUT2D eigenvalue weighted by Crippen LogP contribution is 2.21. The van der Waals surface area contributed by atoms with Gasteiger partial charge in [0.2, 0.25) is 0 Å². The Kier molecular flexibility index (Phi) is 4.34. The quantitative estimate of drug-likeness (QED) is 0.858. The molecule has 1 aromatic carbocycles. The zero-order chi connectivity index (χ0) is 18.1. The van der Waals surface area contributed by atoms with E-state index in [-0.39, 0.29) is 18.5 Å². The van der Waals surface area contributed by atoms with Crippen molar-refractivity contribution >= 4 is 17.6 Å². The molecule has 3 amide bonds. The number of urea groups is 1. The number of fused-ring (bicyclic) bond motifs is 1. The lowest BCUT2D eigenvalue weighted by molar-refractivity contribution is 0.0745. The average molecular weight is 355 g/mol. The first-order valence-corrected chi connectivity index (χ1v) is 8.77. The van der Waals surface area contributed by atoms with Gasteiger partial charge in [-0.2, -0.15) is 5.10 Å². The lowest BCUT2D eigenvalue weighted by Gasteiger charge is -2.21. The first-order valence-electron chi connectivity index (χ1n) is 8.77. The van der Waals surface area contributed by atoms with Crippen LogP contribution in [0.3, 0.4) is 0 Å². The molecule has 0 atom stereocenters. The highest BCUT2D eigenvalue weighted by molar-refractivity contribution is 5.98. The number of nitrogens with zero attached hydrogens (tertiary/aromatic N) is 4. The second-order valence-corrected chi connectivity index (χ2v) is 6.52. The van der Waals surface area contributed by atoms with Gasteiger partial charge in [0, 0.05) is 37.4 Å². The molecule has 4 rings (SSSR count). The van der Waals surface area contributed by atoms with E-state index in [0.29, 0.717) is 37.4 Å². The largest absolute Gasteiger partial charge is 0.390 e. The van der Waals surface area contributed by atoms with Crippen molar-refractivity contribution in [1.29, 1.82) is 0 Å². The van der Waals surface area contributed by atoms with Crippen LogP contribution in [0, 0.1) is 0 Å². The summed E-state index contributed by atoms with van der Waals surface area (Å²) in [7, 11) is 0. The molecule has 26 heavy (non-hydrogen) atoms. The molecular weight excluding hydrogens is 334 g/mol. The van der Waals surface area contributed by atoms with E-state index in [1.807, 2.05) is 16.8 Å². The van der Waals surface area contributed by atoms with Crippen LogP contribution in [-0.2, 0) is 19.7 Å². The summed E-state index contributed by atoms with van der Waals surface area (Å²) in [5.41, 5.74) is 2.84. The fraction of sp³-hybridized carbons (Fsp3) is 0.389. The van der Waals surface area contributed by atoms with E-state index in [4.69, 9.17) is 0 Å². The van der Waals surface area contributed by atoms with Crippen LogP contribution >= 0.6 is 0 Å². The number of aromatic nitrogens is 2. The third-order valence-corrected chi connectivity index (χ3v) is 4.78. The molecule has 3 heterocycles. The molecule has 8 heteroatoms. The topological polar surface area (TPSA) is 90.7 Å². The summed E-state index contributed by atoms with van der Waals surface area (Å²) in [6.07, 6.45) is 0.805. The molecule has 2 aromatic rings. The Balaban J connectivity index is 1.56. The predicted octanol–water partition coefficient (Wildman–Crippen LogP) is 0.951.